The van der Waals surface area contributed by atoms with Crippen molar-refractivity contribution < 1.29 is 17.9 Å². The minimum atomic E-state index is -4.11. The van der Waals surface area contributed by atoms with Crippen molar-refractivity contribution in [2.75, 3.05) is 38.3 Å². The van der Waals surface area contributed by atoms with E-state index in [-0.39, 0.29) is 13.0 Å². The van der Waals surface area contributed by atoms with Crippen molar-refractivity contribution >= 4 is 16.5 Å². The molecule has 0 aromatic carbocycles. The Morgan fingerprint density at radius 1 is 1.52 bits per heavy atom. The zero-order valence-corrected chi connectivity index (χ0v) is 12.8. The quantitative estimate of drug-likeness (QED) is 0.817. The Bertz CT molecular complexity index is 439. The smallest absolute Gasteiger partial charge is 0.383 e. The number of halogens is 3. The first-order chi connectivity index (χ1) is 10.0. The standard InChI is InChI=1S/C13H20F3N3OS/c1-20-6-4-17-7-11-9-21-12(18-11)19-5-2-3-10(8-19)13(14,15)16/h9-10,17H,2-8H2,1H3. The summed E-state index contributed by atoms with van der Waals surface area (Å²) in [5.41, 5.74) is 0.861. The van der Waals surface area contributed by atoms with Gasteiger partial charge in [0.15, 0.2) is 5.13 Å². The van der Waals surface area contributed by atoms with Crippen LogP contribution in [0.25, 0.3) is 0 Å². The van der Waals surface area contributed by atoms with Crippen LogP contribution in [0.3, 0.4) is 0 Å². The fourth-order valence-electron chi connectivity index (χ4n) is 2.33. The molecule has 1 unspecified atom stereocenters. The summed E-state index contributed by atoms with van der Waals surface area (Å²) in [5.74, 6) is -1.24. The van der Waals surface area contributed by atoms with E-state index in [1.165, 1.54) is 11.3 Å². The fraction of sp³-hybridized carbons (Fsp3) is 0.769. The van der Waals surface area contributed by atoms with Gasteiger partial charge in [0.25, 0.3) is 0 Å². The van der Waals surface area contributed by atoms with E-state index in [0.29, 0.717) is 31.2 Å². The number of anilines is 1. The molecule has 1 atom stereocenters. The summed E-state index contributed by atoms with van der Waals surface area (Å²) in [4.78, 5) is 6.18. The van der Waals surface area contributed by atoms with Gasteiger partial charge in [0, 0.05) is 38.7 Å². The van der Waals surface area contributed by atoms with E-state index >= 15 is 0 Å². The Labute approximate surface area is 126 Å². The monoisotopic (exact) mass is 323 g/mol. The van der Waals surface area contributed by atoms with Crippen LogP contribution in [0.4, 0.5) is 18.3 Å². The van der Waals surface area contributed by atoms with Crippen LogP contribution in [0.5, 0.6) is 0 Å². The number of hydrogen-bond donors (Lipinski definition) is 1. The molecule has 2 rings (SSSR count). The maximum absolute atomic E-state index is 12.8. The second-order valence-corrected chi connectivity index (χ2v) is 5.95. The van der Waals surface area contributed by atoms with Crippen molar-refractivity contribution in [1.29, 1.82) is 0 Å². The lowest BCUT2D eigenvalue weighted by atomic mass is 9.98. The van der Waals surface area contributed by atoms with Gasteiger partial charge >= 0.3 is 6.18 Å². The highest BCUT2D eigenvalue weighted by atomic mass is 32.1. The molecule has 120 valence electrons. The zero-order valence-electron chi connectivity index (χ0n) is 11.9. The average Bonchev–Trinajstić information content (AvgIpc) is 2.92. The maximum Gasteiger partial charge on any atom is 0.393 e. The van der Waals surface area contributed by atoms with Crippen LogP contribution < -0.4 is 10.2 Å². The summed E-state index contributed by atoms with van der Waals surface area (Å²) in [7, 11) is 1.63. The third-order valence-electron chi connectivity index (χ3n) is 3.48. The number of thiazole rings is 1. The number of alkyl halides is 3. The van der Waals surface area contributed by atoms with E-state index in [2.05, 4.69) is 10.3 Å². The van der Waals surface area contributed by atoms with Crippen LogP contribution in [0.1, 0.15) is 18.5 Å². The Hall–Kier alpha value is -0.860. The predicted octanol–water partition coefficient (Wildman–Crippen LogP) is 2.66. The molecule has 4 nitrogen and oxygen atoms in total. The molecule has 2 heterocycles. The zero-order chi connectivity index (χ0) is 15.3. The molecule has 1 saturated heterocycles. The molecule has 8 heteroatoms. The van der Waals surface area contributed by atoms with E-state index < -0.39 is 12.1 Å². The molecule has 0 amide bonds. The van der Waals surface area contributed by atoms with Crippen LogP contribution in [0, 0.1) is 5.92 Å². The molecule has 0 aliphatic carbocycles. The van der Waals surface area contributed by atoms with Gasteiger partial charge in [0.2, 0.25) is 0 Å². The molecule has 0 saturated carbocycles. The van der Waals surface area contributed by atoms with Crippen molar-refractivity contribution in [3.63, 3.8) is 0 Å². The lowest BCUT2D eigenvalue weighted by Gasteiger charge is -2.33. The molecular formula is C13H20F3N3OS. The van der Waals surface area contributed by atoms with Crippen LogP contribution in [-0.2, 0) is 11.3 Å². The van der Waals surface area contributed by atoms with Crippen LogP contribution >= 0.6 is 11.3 Å². The summed E-state index contributed by atoms with van der Waals surface area (Å²) in [6, 6.07) is 0. The molecule has 0 bridgehead atoms. The number of methoxy groups -OCH3 is 1. The number of rotatable bonds is 6. The van der Waals surface area contributed by atoms with Gasteiger partial charge in [-0.1, -0.05) is 0 Å². The highest BCUT2D eigenvalue weighted by Crippen LogP contribution is 2.35. The van der Waals surface area contributed by atoms with Gasteiger partial charge in [-0.05, 0) is 12.8 Å². The maximum atomic E-state index is 12.8. The van der Waals surface area contributed by atoms with Crippen molar-refractivity contribution in [1.82, 2.24) is 10.3 Å². The largest absolute Gasteiger partial charge is 0.393 e. The summed E-state index contributed by atoms with van der Waals surface area (Å²) >= 11 is 1.41. The summed E-state index contributed by atoms with van der Waals surface area (Å²) in [5, 5.41) is 5.76. The van der Waals surface area contributed by atoms with Gasteiger partial charge in [-0.25, -0.2) is 4.98 Å². The van der Waals surface area contributed by atoms with E-state index in [9.17, 15) is 13.2 Å². The average molecular weight is 323 g/mol. The highest BCUT2D eigenvalue weighted by molar-refractivity contribution is 7.13. The van der Waals surface area contributed by atoms with Crippen molar-refractivity contribution in [2.24, 2.45) is 5.92 Å². The lowest BCUT2D eigenvalue weighted by molar-refractivity contribution is -0.175. The van der Waals surface area contributed by atoms with Crippen molar-refractivity contribution in [3.05, 3.63) is 11.1 Å². The Kier molecular flexibility index (Phi) is 5.83. The third-order valence-corrected chi connectivity index (χ3v) is 4.43. The number of piperidine rings is 1. The van der Waals surface area contributed by atoms with Crippen molar-refractivity contribution in [2.45, 2.75) is 25.6 Å². The Balaban J connectivity index is 1.88. The number of ether oxygens (including phenoxy) is 1. The van der Waals surface area contributed by atoms with E-state index in [1.54, 1.807) is 12.0 Å². The first-order valence-electron chi connectivity index (χ1n) is 6.96. The molecule has 1 aliphatic rings. The normalized spacial score (nSPS) is 20.0. The van der Waals surface area contributed by atoms with E-state index in [1.807, 2.05) is 5.38 Å². The number of hydrogen-bond acceptors (Lipinski definition) is 5. The predicted molar refractivity (Wildman–Crippen MR) is 76.7 cm³/mol. The lowest BCUT2D eigenvalue weighted by Crippen LogP contribution is -2.41. The second-order valence-electron chi connectivity index (χ2n) is 5.12. The molecule has 1 aliphatic heterocycles. The molecule has 1 fully saturated rings. The Morgan fingerprint density at radius 2 is 2.33 bits per heavy atom. The number of aromatic nitrogens is 1. The summed E-state index contributed by atoms with van der Waals surface area (Å²) in [6.45, 7) is 2.63. The first kappa shape index (κ1) is 16.5. The third kappa shape index (κ3) is 4.82. The minimum absolute atomic E-state index is 0.0214. The number of nitrogens with zero attached hydrogens (tertiary/aromatic N) is 2. The topological polar surface area (TPSA) is 37.4 Å². The van der Waals surface area contributed by atoms with Gasteiger partial charge in [-0.3, -0.25) is 0 Å². The second kappa shape index (κ2) is 7.42. The van der Waals surface area contributed by atoms with Gasteiger partial charge in [-0.2, -0.15) is 13.2 Å². The summed E-state index contributed by atoms with van der Waals surface area (Å²) in [6.07, 6.45) is -3.33. The van der Waals surface area contributed by atoms with Gasteiger partial charge in [0.1, 0.15) is 0 Å². The molecule has 1 aromatic heterocycles. The van der Waals surface area contributed by atoms with E-state index in [0.717, 1.165) is 12.2 Å². The molecule has 0 spiro atoms. The molecular weight excluding hydrogens is 303 g/mol. The highest BCUT2D eigenvalue weighted by Gasteiger charge is 2.42. The fourth-order valence-corrected chi connectivity index (χ4v) is 3.19. The van der Waals surface area contributed by atoms with Crippen LogP contribution in [0.15, 0.2) is 5.38 Å². The number of nitrogens with one attached hydrogen (secondary N) is 1. The van der Waals surface area contributed by atoms with Crippen LogP contribution in [-0.4, -0.2) is 44.5 Å². The van der Waals surface area contributed by atoms with Gasteiger partial charge < -0.3 is 15.0 Å². The van der Waals surface area contributed by atoms with Crippen LogP contribution in [0.2, 0.25) is 0 Å². The molecule has 21 heavy (non-hydrogen) atoms. The van der Waals surface area contributed by atoms with Crippen molar-refractivity contribution in [3.8, 4) is 0 Å². The minimum Gasteiger partial charge on any atom is -0.383 e. The van der Waals surface area contributed by atoms with E-state index in [4.69, 9.17) is 4.74 Å². The first-order valence-corrected chi connectivity index (χ1v) is 7.84. The SMILES string of the molecule is COCCNCc1csc(N2CCCC(C(F)(F)F)C2)n1. The molecule has 0 radical (unpaired) electrons. The molecule has 1 aromatic rings. The van der Waals surface area contributed by atoms with Gasteiger partial charge in [-0.15, -0.1) is 11.3 Å². The van der Waals surface area contributed by atoms with Gasteiger partial charge in [0.05, 0.1) is 18.2 Å². The molecule has 1 N–H and O–H groups in total. The Morgan fingerprint density at radius 3 is 3.05 bits per heavy atom. The summed E-state index contributed by atoms with van der Waals surface area (Å²) < 4.78 is 43.4.